The summed E-state index contributed by atoms with van der Waals surface area (Å²) >= 11 is 5.46. The second kappa shape index (κ2) is 7.95. The lowest BCUT2D eigenvalue weighted by atomic mass is 9.95. The van der Waals surface area contributed by atoms with Crippen molar-refractivity contribution in [2.75, 3.05) is 13.2 Å². The van der Waals surface area contributed by atoms with Crippen molar-refractivity contribution in [3.8, 4) is 0 Å². The second-order valence-electron chi connectivity index (χ2n) is 7.66. The minimum atomic E-state index is -1.16. The van der Waals surface area contributed by atoms with Gasteiger partial charge in [-0.1, -0.05) is 0 Å². The number of hydrogen-bond donors (Lipinski definition) is 1. The number of hydrogen-bond acceptors (Lipinski definition) is 3. The monoisotopic (exact) mass is 425 g/mol. The molecule has 1 amide bonds. The highest BCUT2D eigenvalue weighted by Crippen LogP contribution is 2.36. The summed E-state index contributed by atoms with van der Waals surface area (Å²) in [6.45, 7) is 1.46. The van der Waals surface area contributed by atoms with Gasteiger partial charge in [-0.2, -0.15) is 0 Å². The van der Waals surface area contributed by atoms with E-state index >= 15 is 0 Å². The Labute approximate surface area is 171 Å². The van der Waals surface area contributed by atoms with Gasteiger partial charge in [-0.05, 0) is 43.6 Å². The van der Waals surface area contributed by atoms with Crippen LogP contribution in [0.15, 0.2) is 12.1 Å². The Morgan fingerprint density at radius 2 is 2.07 bits per heavy atom. The molecule has 9 heteroatoms. The van der Waals surface area contributed by atoms with Crippen molar-refractivity contribution in [1.82, 2.24) is 14.5 Å². The van der Waals surface area contributed by atoms with Gasteiger partial charge in [0.1, 0.15) is 5.82 Å². The molecule has 1 fully saturated rings. The maximum Gasteiger partial charge on any atom is 0.226 e. The van der Waals surface area contributed by atoms with E-state index in [1.807, 2.05) is 0 Å². The second-order valence-corrected chi connectivity index (χ2v) is 8.03. The fraction of sp³-hybridized carbons (Fsp3) is 0.500. The van der Waals surface area contributed by atoms with E-state index in [1.54, 1.807) is 16.2 Å². The highest BCUT2D eigenvalue weighted by molar-refractivity contribution is 7.71. The summed E-state index contributed by atoms with van der Waals surface area (Å²) in [5.74, 6) is -3.72. The molecule has 156 valence electrons. The average Bonchev–Trinajstić information content (AvgIpc) is 3.21. The fourth-order valence-electron chi connectivity index (χ4n) is 4.31. The molecule has 0 saturated carbocycles. The molecule has 4 rings (SSSR count). The summed E-state index contributed by atoms with van der Waals surface area (Å²) in [7, 11) is 1.78. The molecule has 1 N–H and O–H groups in total. The number of benzene rings is 1. The molecule has 1 saturated heterocycles. The Bertz CT molecular complexity index is 1010. The number of ether oxygens (including phenoxy) is 1. The van der Waals surface area contributed by atoms with Gasteiger partial charge in [-0.25, -0.2) is 13.2 Å². The lowest BCUT2D eigenvalue weighted by Crippen LogP contribution is -2.41. The van der Waals surface area contributed by atoms with Gasteiger partial charge in [0.15, 0.2) is 16.4 Å². The number of aromatic nitrogens is 2. The van der Waals surface area contributed by atoms with E-state index in [2.05, 4.69) is 5.32 Å². The van der Waals surface area contributed by atoms with Crippen molar-refractivity contribution < 1.29 is 22.7 Å². The minimum absolute atomic E-state index is 0.0107. The molecule has 1 aromatic heterocycles. The summed E-state index contributed by atoms with van der Waals surface area (Å²) in [5, 5.41) is 2.97. The Kier molecular flexibility index (Phi) is 5.52. The summed E-state index contributed by atoms with van der Waals surface area (Å²) in [4.78, 5) is 12.6. The molecular weight excluding hydrogens is 403 g/mol. The highest BCUT2D eigenvalue weighted by atomic mass is 32.1. The van der Waals surface area contributed by atoms with Crippen LogP contribution in [-0.2, 0) is 36.0 Å². The van der Waals surface area contributed by atoms with E-state index < -0.39 is 23.4 Å². The first kappa shape index (κ1) is 20.2. The van der Waals surface area contributed by atoms with E-state index in [-0.39, 0.29) is 36.9 Å². The van der Waals surface area contributed by atoms with Gasteiger partial charge in [0.2, 0.25) is 5.91 Å². The van der Waals surface area contributed by atoms with Crippen LogP contribution in [0.1, 0.15) is 35.7 Å². The van der Waals surface area contributed by atoms with Crippen LogP contribution in [0, 0.1) is 22.2 Å². The quantitative estimate of drug-likeness (QED) is 0.605. The fourth-order valence-corrected chi connectivity index (χ4v) is 4.61. The molecular formula is C20H22F3N3O2S. The van der Waals surface area contributed by atoms with E-state index in [9.17, 15) is 18.0 Å². The summed E-state index contributed by atoms with van der Waals surface area (Å²) in [6.07, 6.45) is 2.18. The number of carbonyl (C=O) groups is 1. The van der Waals surface area contributed by atoms with Crippen molar-refractivity contribution in [3.05, 3.63) is 51.3 Å². The lowest BCUT2D eigenvalue weighted by Gasteiger charge is -2.23. The van der Waals surface area contributed by atoms with Crippen LogP contribution in [0.25, 0.3) is 0 Å². The molecule has 3 heterocycles. The van der Waals surface area contributed by atoms with Crippen LogP contribution in [-0.4, -0.2) is 34.3 Å². The van der Waals surface area contributed by atoms with Crippen molar-refractivity contribution >= 4 is 18.1 Å². The Morgan fingerprint density at radius 3 is 2.79 bits per heavy atom. The largest absolute Gasteiger partial charge is 0.379 e. The molecule has 2 unspecified atom stereocenters. The molecule has 2 aliphatic heterocycles. The molecule has 0 bridgehead atoms. The zero-order chi connectivity index (χ0) is 20.7. The first-order valence-electron chi connectivity index (χ1n) is 9.64. The van der Waals surface area contributed by atoms with Gasteiger partial charge < -0.3 is 19.2 Å². The van der Waals surface area contributed by atoms with Gasteiger partial charge in [-0.3, -0.25) is 4.79 Å². The van der Waals surface area contributed by atoms with E-state index in [0.717, 1.165) is 30.7 Å². The number of imidazole rings is 1. The predicted octanol–water partition coefficient (Wildman–Crippen LogP) is 3.15. The third-order valence-corrected chi connectivity index (χ3v) is 6.26. The molecule has 0 spiro atoms. The first-order valence-corrected chi connectivity index (χ1v) is 10.1. The summed E-state index contributed by atoms with van der Waals surface area (Å²) in [6, 6.07) is 1.71. The normalized spacial score (nSPS) is 21.2. The maximum atomic E-state index is 14.3. The topological polar surface area (TPSA) is 48.2 Å². The average molecular weight is 425 g/mol. The van der Waals surface area contributed by atoms with Crippen LogP contribution in [0.4, 0.5) is 13.2 Å². The molecule has 5 nitrogen and oxygen atoms in total. The van der Waals surface area contributed by atoms with Crippen LogP contribution < -0.4 is 5.32 Å². The lowest BCUT2D eigenvalue weighted by molar-refractivity contribution is -0.122. The third-order valence-electron chi connectivity index (χ3n) is 5.77. The molecule has 2 atom stereocenters. The SMILES string of the molecule is Cn1c(CC(=O)NC2CCCOC2)c2n(c1=S)CC(c1c(F)ccc(F)c1F)C2. The number of carbonyl (C=O) groups excluding carboxylic acids is 1. The number of amides is 1. The van der Waals surface area contributed by atoms with Crippen molar-refractivity contribution in [1.29, 1.82) is 0 Å². The third kappa shape index (κ3) is 3.73. The number of fused-ring (bicyclic) bond motifs is 1. The van der Waals surface area contributed by atoms with Gasteiger partial charge in [0, 0.05) is 43.1 Å². The molecule has 1 aromatic carbocycles. The molecule has 0 radical (unpaired) electrons. The van der Waals surface area contributed by atoms with Crippen LogP contribution in [0.3, 0.4) is 0 Å². The Hall–Kier alpha value is -2.13. The highest BCUT2D eigenvalue weighted by Gasteiger charge is 2.33. The standard InChI is InChI=1S/C20H22F3N3O2S/c1-25-15(8-17(27)24-12-3-2-6-28-10-12)16-7-11(9-26(16)20(25)29)18-13(21)4-5-14(22)19(18)23/h4-5,11-12H,2-3,6-10H2,1H3,(H,24,27). The zero-order valence-electron chi connectivity index (χ0n) is 16.0. The van der Waals surface area contributed by atoms with E-state index in [0.29, 0.717) is 23.7 Å². The maximum absolute atomic E-state index is 14.3. The van der Waals surface area contributed by atoms with Crippen molar-refractivity contribution in [2.45, 2.75) is 44.2 Å². The van der Waals surface area contributed by atoms with Gasteiger partial charge in [-0.15, -0.1) is 0 Å². The smallest absolute Gasteiger partial charge is 0.226 e. The number of halogens is 3. The van der Waals surface area contributed by atoms with Gasteiger partial charge >= 0.3 is 0 Å². The number of nitrogens with one attached hydrogen (secondary N) is 1. The van der Waals surface area contributed by atoms with E-state index in [1.165, 1.54) is 0 Å². The molecule has 2 aromatic rings. The molecule has 2 aliphatic rings. The van der Waals surface area contributed by atoms with Crippen LogP contribution in [0.5, 0.6) is 0 Å². The summed E-state index contributed by atoms with van der Waals surface area (Å²) < 4.78 is 51.6. The van der Waals surface area contributed by atoms with Crippen molar-refractivity contribution in [3.63, 3.8) is 0 Å². The molecule has 0 aliphatic carbocycles. The Morgan fingerprint density at radius 1 is 1.31 bits per heavy atom. The first-order chi connectivity index (χ1) is 13.9. The predicted molar refractivity (Wildman–Crippen MR) is 103 cm³/mol. The van der Waals surface area contributed by atoms with E-state index in [4.69, 9.17) is 17.0 Å². The summed E-state index contributed by atoms with van der Waals surface area (Å²) in [5.41, 5.74) is 1.21. The Balaban J connectivity index is 1.57. The van der Waals surface area contributed by atoms with Crippen LogP contribution in [0.2, 0.25) is 0 Å². The minimum Gasteiger partial charge on any atom is -0.379 e. The molecule has 29 heavy (non-hydrogen) atoms. The number of nitrogens with zero attached hydrogens (tertiary/aromatic N) is 2. The van der Waals surface area contributed by atoms with Crippen LogP contribution >= 0.6 is 12.2 Å². The van der Waals surface area contributed by atoms with Crippen molar-refractivity contribution in [2.24, 2.45) is 7.05 Å². The van der Waals surface area contributed by atoms with Gasteiger partial charge in [0.25, 0.3) is 0 Å². The number of rotatable bonds is 4. The zero-order valence-corrected chi connectivity index (χ0v) is 16.8. The van der Waals surface area contributed by atoms with Gasteiger partial charge in [0.05, 0.1) is 19.1 Å².